The fourth-order valence-corrected chi connectivity index (χ4v) is 2.70. The van der Waals surface area contributed by atoms with E-state index in [-0.39, 0.29) is 12.3 Å². The van der Waals surface area contributed by atoms with Gasteiger partial charge in [0.2, 0.25) is 0 Å². The van der Waals surface area contributed by atoms with E-state index in [4.69, 9.17) is 11.6 Å². The second-order valence-corrected chi connectivity index (χ2v) is 6.53. The Balaban J connectivity index is 1.88. The van der Waals surface area contributed by atoms with Crippen molar-refractivity contribution in [3.63, 3.8) is 0 Å². The third kappa shape index (κ3) is 6.76. The van der Waals surface area contributed by atoms with Crippen LogP contribution in [0.5, 0.6) is 5.75 Å². The summed E-state index contributed by atoms with van der Waals surface area (Å²) in [6.07, 6.45) is 2.46. The molecule has 0 aliphatic rings. The molecule has 0 aliphatic carbocycles. The predicted octanol–water partition coefficient (Wildman–Crippen LogP) is 4.01. The highest BCUT2D eigenvalue weighted by Gasteiger charge is 2.10. The Kier molecular flexibility index (Phi) is 8.06. The Morgan fingerprint density at radius 2 is 2.12 bits per heavy atom. The summed E-state index contributed by atoms with van der Waals surface area (Å²) < 4.78 is 30.3. The van der Waals surface area contributed by atoms with Crippen LogP contribution < -0.4 is 15.4 Å². The van der Waals surface area contributed by atoms with Crippen LogP contribution in [0.4, 0.5) is 8.78 Å². The summed E-state index contributed by atoms with van der Waals surface area (Å²) in [6.45, 7) is -1.97. The lowest BCUT2D eigenvalue weighted by molar-refractivity contribution is -0.0504. The number of aromatic nitrogens is 1. The highest BCUT2D eigenvalue weighted by molar-refractivity contribution is 9.10. The number of nitrogens with one attached hydrogen (secondary N) is 2. The number of hydrogen-bond acceptors (Lipinski definition) is 3. The van der Waals surface area contributed by atoms with E-state index in [1.165, 1.54) is 6.07 Å². The summed E-state index contributed by atoms with van der Waals surface area (Å²) in [5.41, 5.74) is 1.63. The van der Waals surface area contributed by atoms with Gasteiger partial charge in [0.15, 0.2) is 5.96 Å². The number of alkyl halides is 2. The predicted molar refractivity (Wildman–Crippen MR) is 102 cm³/mol. The van der Waals surface area contributed by atoms with E-state index in [9.17, 15) is 8.78 Å². The minimum Gasteiger partial charge on any atom is -0.434 e. The fraction of sp³-hybridized carbons (Fsp3) is 0.294. The van der Waals surface area contributed by atoms with Crippen molar-refractivity contribution in [2.45, 2.75) is 19.6 Å². The Hall–Kier alpha value is -1.93. The smallest absolute Gasteiger partial charge is 0.387 e. The van der Waals surface area contributed by atoms with Crippen molar-refractivity contribution in [2.24, 2.45) is 4.99 Å². The number of halogens is 4. The van der Waals surface area contributed by atoms with Crippen molar-refractivity contribution in [3.8, 4) is 5.75 Å². The number of benzene rings is 1. The molecule has 2 aromatic rings. The van der Waals surface area contributed by atoms with Gasteiger partial charge in [-0.15, -0.1) is 0 Å². The molecule has 140 valence electrons. The molecule has 26 heavy (non-hydrogen) atoms. The van der Waals surface area contributed by atoms with Crippen LogP contribution in [0.2, 0.25) is 5.15 Å². The van der Waals surface area contributed by atoms with E-state index < -0.39 is 6.61 Å². The van der Waals surface area contributed by atoms with E-state index in [0.717, 1.165) is 16.5 Å². The molecule has 1 aromatic carbocycles. The lowest BCUT2D eigenvalue weighted by Crippen LogP contribution is -2.38. The van der Waals surface area contributed by atoms with Gasteiger partial charge in [-0.2, -0.15) is 8.78 Å². The second-order valence-electron chi connectivity index (χ2n) is 5.22. The van der Waals surface area contributed by atoms with Crippen LogP contribution in [0, 0.1) is 0 Å². The summed E-state index contributed by atoms with van der Waals surface area (Å²) in [4.78, 5) is 8.15. The first kappa shape index (κ1) is 20.4. The normalized spacial score (nSPS) is 11.5. The van der Waals surface area contributed by atoms with Crippen molar-refractivity contribution in [1.29, 1.82) is 0 Å². The summed E-state index contributed by atoms with van der Waals surface area (Å²) in [7, 11) is 1.64. The van der Waals surface area contributed by atoms with Gasteiger partial charge >= 0.3 is 6.61 Å². The van der Waals surface area contributed by atoms with Crippen molar-refractivity contribution >= 4 is 33.5 Å². The monoisotopic (exact) mass is 446 g/mol. The van der Waals surface area contributed by atoms with Crippen LogP contribution in [0.15, 0.2) is 46.0 Å². The molecule has 0 amide bonds. The zero-order valence-electron chi connectivity index (χ0n) is 14.0. The fourth-order valence-electron chi connectivity index (χ4n) is 2.18. The molecule has 0 saturated carbocycles. The maximum absolute atomic E-state index is 12.5. The maximum atomic E-state index is 12.5. The van der Waals surface area contributed by atoms with Gasteiger partial charge in [-0.1, -0.05) is 33.6 Å². The lowest BCUT2D eigenvalue weighted by atomic mass is 10.2. The first-order valence-corrected chi connectivity index (χ1v) is 8.93. The third-order valence-electron chi connectivity index (χ3n) is 3.40. The molecule has 0 fully saturated rings. The SMILES string of the molecule is CN=C(NCCc1ccc(Cl)nc1)NCc1cc(Br)ccc1OC(F)F. The van der Waals surface area contributed by atoms with E-state index in [1.807, 2.05) is 6.07 Å². The zero-order chi connectivity index (χ0) is 18.9. The molecular formula is C17H18BrClF2N4O. The topological polar surface area (TPSA) is 58.5 Å². The first-order chi connectivity index (χ1) is 12.5. The molecule has 2 N–H and O–H groups in total. The summed E-state index contributed by atoms with van der Waals surface area (Å²) in [6, 6.07) is 8.51. The van der Waals surface area contributed by atoms with Gasteiger partial charge in [-0.25, -0.2) is 4.98 Å². The van der Waals surface area contributed by atoms with E-state index in [2.05, 4.69) is 41.3 Å². The molecule has 0 aliphatic heterocycles. The zero-order valence-corrected chi connectivity index (χ0v) is 16.3. The second kappa shape index (κ2) is 10.3. The maximum Gasteiger partial charge on any atom is 0.387 e. The number of ether oxygens (including phenoxy) is 1. The Labute approximate surface area is 164 Å². The van der Waals surface area contributed by atoms with Crippen molar-refractivity contribution in [3.05, 3.63) is 57.3 Å². The molecule has 0 unspecified atom stereocenters. The molecule has 1 heterocycles. The molecule has 9 heteroatoms. The van der Waals surface area contributed by atoms with Crippen LogP contribution >= 0.6 is 27.5 Å². The highest BCUT2D eigenvalue weighted by atomic mass is 79.9. The molecule has 0 spiro atoms. The van der Waals surface area contributed by atoms with Crippen LogP contribution in [-0.4, -0.2) is 31.1 Å². The van der Waals surface area contributed by atoms with Gasteiger partial charge in [0.1, 0.15) is 10.9 Å². The van der Waals surface area contributed by atoms with Crippen molar-refractivity contribution in [1.82, 2.24) is 15.6 Å². The number of aliphatic imine (C=N–C) groups is 1. The summed E-state index contributed by atoms with van der Waals surface area (Å²) in [5.74, 6) is 0.674. The third-order valence-corrected chi connectivity index (χ3v) is 4.12. The van der Waals surface area contributed by atoms with E-state index >= 15 is 0 Å². The lowest BCUT2D eigenvalue weighted by Gasteiger charge is -2.15. The average Bonchev–Trinajstić information content (AvgIpc) is 2.61. The van der Waals surface area contributed by atoms with E-state index in [1.54, 1.807) is 31.4 Å². The highest BCUT2D eigenvalue weighted by Crippen LogP contribution is 2.24. The van der Waals surface area contributed by atoms with Crippen LogP contribution in [0.1, 0.15) is 11.1 Å². The number of nitrogens with zero attached hydrogens (tertiary/aromatic N) is 2. The van der Waals surface area contributed by atoms with Gasteiger partial charge in [-0.05, 0) is 36.2 Å². The molecule has 0 radical (unpaired) electrons. The first-order valence-electron chi connectivity index (χ1n) is 7.76. The minimum atomic E-state index is -2.87. The van der Waals surface area contributed by atoms with Crippen LogP contribution in [0.3, 0.4) is 0 Å². The van der Waals surface area contributed by atoms with Gasteiger partial charge in [0.05, 0.1) is 0 Å². The Morgan fingerprint density at radius 1 is 1.31 bits per heavy atom. The quantitative estimate of drug-likeness (QED) is 0.383. The molecule has 1 aromatic heterocycles. The van der Waals surface area contributed by atoms with Crippen molar-refractivity contribution < 1.29 is 13.5 Å². The molecule has 5 nitrogen and oxygen atoms in total. The average molecular weight is 448 g/mol. The molecule has 0 bridgehead atoms. The number of pyridine rings is 1. The van der Waals surface area contributed by atoms with Gasteiger partial charge in [-0.3, -0.25) is 4.99 Å². The Bertz CT molecular complexity index is 744. The molecule has 0 atom stereocenters. The van der Waals surface area contributed by atoms with Crippen LogP contribution in [-0.2, 0) is 13.0 Å². The van der Waals surface area contributed by atoms with Gasteiger partial charge in [0.25, 0.3) is 0 Å². The Morgan fingerprint density at radius 3 is 2.77 bits per heavy atom. The number of hydrogen-bond donors (Lipinski definition) is 2. The minimum absolute atomic E-state index is 0.124. The molecule has 0 saturated heterocycles. The number of rotatable bonds is 7. The van der Waals surface area contributed by atoms with Crippen molar-refractivity contribution in [2.75, 3.05) is 13.6 Å². The summed E-state index contributed by atoms with van der Waals surface area (Å²) >= 11 is 9.08. The summed E-state index contributed by atoms with van der Waals surface area (Å²) in [5, 5.41) is 6.69. The molecule has 2 rings (SSSR count). The van der Waals surface area contributed by atoms with Gasteiger partial charge < -0.3 is 15.4 Å². The standard InChI is InChI=1S/C17H18BrClF2N4O/c1-22-17(23-7-6-11-2-5-15(19)24-9-11)25-10-12-8-13(18)3-4-14(12)26-16(20)21/h2-5,8-9,16H,6-7,10H2,1H3,(H2,22,23,25). The van der Waals surface area contributed by atoms with E-state index in [0.29, 0.717) is 23.2 Å². The number of guanidine groups is 1. The van der Waals surface area contributed by atoms with Crippen LogP contribution in [0.25, 0.3) is 0 Å². The largest absolute Gasteiger partial charge is 0.434 e. The molecular weight excluding hydrogens is 430 g/mol. The van der Waals surface area contributed by atoms with Gasteiger partial charge in [0, 0.05) is 36.4 Å².